The van der Waals surface area contributed by atoms with Crippen molar-refractivity contribution >= 4 is 34.7 Å². The summed E-state index contributed by atoms with van der Waals surface area (Å²) in [6.07, 6.45) is 4.08. The molecule has 0 radical (unpaired) electrons. The molecular formula is C26H32N4O4S. The van der Waals surface area contributed by atoms with Crippen molar-refractivity contribution < 1.29 is 19.1 Å². The highest BCUT2D eigenvalue weighted by Gasteiger charge is 2.49. The standard InChI is InChI=1S/C26H32N4O4S/c1-17-4-6-21-20(10-17)26(16-30(21)24(33)11-22-27-12-25(34-3)35-22)8-9-28(15-26)23(32)7-5-19-13-29(14-19)18(2)31/h4,6,10,12,19H,5,7-9,11,13-16H2,1-3H3. The molecule has 5 rings (SSSR count). The number of benzene rings is 1. The summed E-state index contributed by atoms with van der Waals surface area (Å²) in [6, 6.07) is 6.28. The van der Waals surface area contributed by atoms with Crippen LogP contribution < -0.4 is 9.64 Å². The number of carbonyl (C=O) groups excluding carboxylic acids is 3. The van der Waals surface area contributed by atoms with Crippen molar-refractivity contribution in [2.75, 3.05) is 44.7 Å². The number of methoxy groups -OCH3 is 1. The summed E-state index contributed by atoms with van der Waals surface area (Å²) in [4.78, 5) is 47.8. The Bertz CT molecular complexity index is 1160. The minimum atomic E-state index is -0.227. The third kappa shape index (κ3) is 4.53. The molecule has 0 aliphatic carbocycles. The highest BCUT2D eigenvalue weighted by atomic mass is 32.1. The lowest BCUT2D eigenvalue weighted by Crippen LogP contribution is -2.49. The van der Waals surface area contributed by atoms with Crippen LogP contribution in [0.3, 0.4) is 0 Å². The number of likely N-dealkylation sites (tertiary alicyclic amines) is 2. The first-order valence-electron chi connectivity index (χ1n) is 12.2. The molecule has 3 aliphatic heterocycles. The van der Waals surface area contributed by atoms with E-state index in [2.05, 4.69) is 18.0 Å². The van der Waals surface area contributed by atoms with E-state index in [-0.39, 0.29) is 29.6 Å². The molecule has 1 aromatic carbocycles. The molecule has 186 valence electrons. The van der Waals surface area contributed by atoms with Gasteiger partial charge in [0, 0.05) is 57.2 Å². The zero-order valence-electron chi connectivity index (χ0n) is 20.6. The van der Waals surface area contributed by atoms with Gasteiger partial charge in [-0.1, -0.05) is 29.0 Å². The van der Waals surface area contributed by atoms with Crippen molar-refractivity contribution in [3.63, 3.8) is 0 Å². The molecule has 3 aliphatic rings. The monoisotopic (exact) mass is 496 g/mol. The Labute approximate surface area is 209 Å². The maximum Gasteiger partial charge on any atom is 0.233 e. The fraction of sp³-hybridized carbons (Fsp3) is 0.538. The maximum atomic E-state index is 13.4. The second kappa shape index (κ2) is 9.26. The molecule has 4 heterocycles. The summed E-state index contributed by atoms with van der Waals surface area (Å²) in [6.45, 7) is 7.13. The molecule has 3 amide bonds. The summed E-state index contributed by atoms with van der Waals surface area (Å²) >= 11 is 1.39. The molecule has 0 N–H and O–H groups in total. The number of thiazole rings is 1. The summed E-state index contributed by atoms with van der Waals surface area (Å²) in [5, 5.41) is 1.44. The van der Waals surface area contributed by atoms with Crippen LogP contribution in [0.5, 0.6) is 5.06 Å². The molecule has 35 heavy (non-hydrogen) atoms. The first-order chi connectivity index (χ1) is 16.8. The van der Waals surface area contributed by atoms with Crippen LogP contribution >= 0.6 is 11.3 Å². The maximum absolute atomic E-state index is 13.4. The molecule has 1 spiro atoms. The minimum Gasteiger partial charge on any atom is -0.486 e. The van der Waals surface area contributed by atoms with Crippen LogP contribution in [0, 0.1) is 12.8 Å². The average Bonchev–Trinajstić information content (AvgIpc) is 3.51. The molecule has 0 bridgehead atoms. The Balaban J connectivity index is 1.26. The number of aromatic nitrogens is 1. The smallest absolute Gasteiger partial charge is 0.233 e. The van der Waals surface area contributed by atoms with E-state index in [1.165, 1.54) is 16.9 Å². The number of hydrogen-bond donors (Lipinski definition) is 0. The van der Waals surface area contributed by atoms with Crippen LogP contribution in [0.15, 0.2) is 24.4 Å². The molecule has 0 saturated carbocycles. The molecule has 9 heteroatoms. The van der Waals surface area contributed by atoms with Gasteiger partial charge in [0.1, 0.15) is 5.01 Å². The lowest BCUT2D eigenvalue weighted by molar-refractivity contribution is -0.135. The Morgan fingerprint density at radius 3 is 2.69 bits per heavy atom. The largest absolute Gasteiger partial charge is 0.486 e. The topological polar surface area (TPSA) is 83.1 Å². The van der Waals surface area contributed by atoms with Crippen molar-refractivity contribution in [3.8, 4) is 5.06 Å². The van der Waals surface area contributed by atoms with Gasteiger partial charge in [-0.05, 0) is 37.3 Å². The summed E-state index contributed by atoms with van der Waals surface area (Å²) in [7, 11) is 1.60. The van der Waals surface area contributed by atoms with E-state index < -0.39 is 0 Å². The summed E-state index contributed by atoms with van der Waals surface area (Å²) < 4.78 is 5.22. The Hall–Kier alpha value is -2.94. The van der Waals surface area contributed by atoms with Crippen LogP contribution in [-0.4, -0.2) is 72.3 Å². The van der Waals surface area contributed by atoms with Gasteiger partial charge in [-0.2, -0.15) is 0 Å². The first-order valence-corrected chi connectivity index (χ1v) is 13.0. The van der Waals surface area contributed by atoms with E-state index in [1.807, 2.05) is 26.8 Å². The van der Waals surface area contributed by atoms with Gasteiger partial charge in [0.25, 0.3) is 0 Å². The molecule has 2 fully saturated rings. The number of anilines is 1. The number of carbonyl (C=O) groups is 3. The summed E-state index contributed by atoms with van der Waals surface area (Å²) in [5.41, 5.74) is 3.06. The van der Waals surface area contributed by atoms with Gasteiger partial charge < -0.3 is 19.4 Å². The Morgan fingerprint density at radius 1 is 1.17 bits per heavy atom. The van der Waals surface area contributed by atoms with Gasteiger partial charge in [-0.15, -0.1) is 0 Å². The molecule has 2 saturated heterocycles. The van der Waals surface area contributed by atoms with Crippen molar-refractivity contribution in [1.82, 2.24) is 14.8 Å². The molecule has 1 aromatic heterocycles. The second-order valence-corrected chi connectivity index (χ2v) is 11.2. The van der Waals surface area contributed by atoms with Gasteiger partial charge >= 0.3 is 0 Å². The van der Waals surface area contributed by atoms with Crippen LogP contribution in [0.2, 0.25) is 0 Å². The number of fused-ring (bicyclic) bond motifs is 2. The fourth-order valence-electron chi connectivity index (χ4n) is 5.63. The molecule has 1 atom stereocenters. The zero-order valence-corrected chi connectivity index (χ0v) is 21.4. The van der Waals surface area contributed by atoms with Crippen molar-refractivity contribution in [1.29, 1.82) is 0 Å². The SMILES string of the molecule is COc1cnc(CC(=O)N2CC3(CCN(C(=O)CCC4CN(C(C)=O)C4)C3)c3cc(C)ccc32)s1. The van der Waals surface area contributed by atoms with E-state index in [4.69, 9.17) is 4.74 Å². The van der Waals surface area contributed by atoms with Gasteiger partial charge in [0.15, 0.2) is 5.06 Å². The van der Waals surface area contributed by atoms with Crippen LogP contribution in [0.4, 0.5) is 5.69 Å². The predicted molar refractivity (Wildman–Crippen MR) is 134 cm³/mol. The van der Waals surface area contributed by atoms with E-state index in [0.29, 0.717) is 37.0 Å². The lowest BCUT2D eigenvalue weighted by atomic mass is 9.81. The number of rotatable bonds is 6. The van der Waals surface area contributed by atoms with Crippen LogP contribution in [-0.2, 0) is 26.2 Å². The number of aryl methyl sites for hydroxylation is 1. The normalized spacial score (nSPS) is 21.4. The van der Waals surface area contributed by atoms with E-state index >= 15 is 0 Å². The zero-order chi connectivity index (χ0) is 24.7. The van der Waals surface area contributed by atoms with E-state index in [9.17, 15) is 14.4 Å². The van der Waals surface area contributed by atoms with Gasteiger partial charge in [-0.3, -0.25) is 14.4 Å². The Kier molecular flexibility index (Phi) is 6.29. The third-order valence-corrected chi connectivity index (χ3v) is 8.65. The molecule has 1 unspecified atom stereocenters. The quantitative estimate of drug-likeness (QED) is 0.614. The number of nitrogens with zero attached hydrogens (tertiary/aromatic N) is 4. The van der Waals surface area contributed by atoms with Gasteiger partial charge in [-0.25, -0.2) is 4.98 Å². The highest BCUT2D eigenvalue weighted by molar-refractivity contribution is 7.13. The number of amides is 3. The lowest BCUT2D eigenvalue weighted by Gasteiger charge is -2.38. The van der Waals surface area contributed by atoms with Crippen LogP contribution in [0.1, 0.15) is 42.3 Å². The third-order valence-electron chi connectivity index (χ3n) is 7.69. The molecule has 2 aromatic rings. The highest BCUT2D eigenvalue weighted by Crippen LogP contribution is 2.47. The summed E-state index contributed by atoms with van der Waals surface area (Å²) in [5.74, 6) is 0.731. The van der Waals surface area contributed by atoms with Crippen molar-refractivity contribution in [2.45, 2.75) is 44.9 Å². The number of hydrogen-bond acceptors (Lipinski definition) is 6. The fourth-order valence-corrected chi connectivity index (χ4v) is 6.35. The predicted octanol–water partition coefficient (Wildman–Crippen LogP) is 2.78. The van der Waals surface area contributed by atoms with Gasteiger partial charge in [0.2, 0.25) is 17.7 Å². The second-order valence-electron chi connectivity index (χ2n) is 10.1. The number of ether oxygens (including phenoxy) is 1. The Morgan fingerprint density at radius 2 is 1.97 bits per heavy atom. The molecular weight excluding hydrogens is 464 g/mol. The van der Waals surface area contributed by atoms with Crippen molar-refractivity contribution in [3.05, 3.63) is 40.5 Å². The van der Waals surface area contributed by atoms with Gasteiger partial charge in [0.05, 0.1) is 19.7 Å². The van der Waals surface area contributed by atoms with Crippen molar-refractivity contribution in [2.24, 2.45) is 5.92 Å². The van der Waals surface area contributed by atoms with E-state index in [1.54, 1.807) is 20.2 Å². The minimum absolute atomic E-state index is 0.0220. The van der Waals surface area contributed by atoms with E-state index in [0.717, 1.165) is 42.2 Å². The van der Waals surface area contributed by atoms with Crippen LogP contribution in [0.25, 0.3) is 0 Å². The average molecular weight is 497 g/mol. The first kappa shape index (κ1) is 23.8. The molecule has 8 nitrogen and oxygen atoms in total.